The molecular weight excluding hydrogens is 583 g/mol. The first-order valence-electron chi connectivity index (χ1n) is 14.4. The fraction of sp³-hybridized carbons (Fsp3) is 0.387. The fourth-order valence-electron chi connectivity index (χ4n) is 5.80. The van der Waals surface area contributed by atoms with Gasteiger partial charge >= 0.3 is 0 Å². The first-order chi connectivity index (χ1) is 20.6. The topological polar surface area (TPSA) is 99.5 Å². The second kappa shape index (κ2) is 12.4. The number of benzene rings is 1. The predicted octanol–water partition coefficient (Wildman–Crippen LogP) is 3.78. The smallest absolute Gasteiger partial charge is 0.296 e. The molecule has 10 nitrogen and oxygen atoms in total. The van der Waals surface area contributed by atoms with Gasteiger partial charge in [0.1, 0.15) is 23.1 Å². The van der Waals surface area contributed by atoms with Crippen molar-refractivity contribution in [2.45, 2.75) is 40.7 Å². The maximum atomic E-state index is 14.0. The SMILES string of the molecule is CCCn1c(N2CCN(CC)CC2)c(C=C2SC(=S)N(c3c(C)n(C)n(-c4ccccc4)c3=O)C2=O)c(C)c(C#N)c1=O. The number of anilines is 2. The Morgan fingerprint density at radius 1 is 1.02 bits per heavy atom. The van der Waals surface area contributed by atoms with Crippen molar-refractivity contribution in [2.75, 3.05) is 42.5 Å². The highest BCUT2D eigenvalue weighted by Gasteiger charge is 2.38. The normalized spacial score (nSPS) is 16.9. The van der Waals surface area contributed by atoms with Gasteiger partial charge in [0, 0.05) is 45.3 Å². The summed E-state index contributed by atoms with van der Waals surface area (Å²) < 4.78 is 5.16. The molecule has 0 spiro atoms. The molecule has 5 rings (SSSR count). The summed E-state index contributed by atoms with van der Waals surface area (Å²) >= 11 is 6.80. The van der Waals surface area contributed by atoms with Crippen LogP contribution in [0.4, 0.5) is 11.5 Å². The molecule has 0 aliphatic carbocycles. The van der Waals surface area contributed by atoms with Gasteiger partial charge in [0.25, 0.3) is 17.0 Å². The number of nitrogens with zero attached hydrogens (tertiary/aromatic N) is 7. The molecule has 1 amide bonds. The van der Waals surface area contributed by atoms with Crippen molar-refractivity contribution in [3.05, 3.63) is 78.3 Å². The van der Waals surface area contributed by atoms with Crippen LogP contribution in [0.2, 0.25) is 0 Å². The van der Waals surface area contributed by atoms with Gasteiger partial charge in [-0.05, 0) is 50.6 Å². The summed E-state index contributed by atoms with van der Waals surface area (Å²) in [6.45, 7) is 12.2. The summed E-state index contributed by atoms with van der Waals surface area (Å²) in [4.78, 5) is 47.5. The zero-order valence-corrected chi connectivity index (χ0v) is 26.7. The highest BCUT2D eigenvalue weighted by molar-refractivity contribution is 8.27. The van der Waals surface area contributed by atoms with Crippen molar-refractivity contribution in [2.24, 2.45) is 7.05 Å². The molecule has 12 heteroatoms. The molecular formula is C31H35N7O3S2. The lowest BCUT2D eigenvalue weighted by atomic mass is 10.0. The van der Waals surface area contributed by atoms with Gasteiger partial charge in [-0.1, -0.05) is 56.0 Å². The lowest BCUT2D eigenvalue weighted by molar-refractivity contribution is -0.113. The molecule has 0 N–H and O–H groups in total. The molecule has 2 aliphatic heterocycles. The Labute approximate surface area is 260 Å². The number of carbonyl (C=O) groups is 1. The molecule has 0 unspecified atom stereocenters. The summed E-state index contributed by atoms with van der Waals surface area (Å²) in [6, 6.07) is 11.3. The minimum absolute atomic E-state index is 0.0655. The number of carbonyl (C=O) groups excluding carboxylic acids is 1. The summed E-state index contributed by atoms with van der Waals surface area (Å²) in [7, 11) is 1.77. The second-order valence-electron chi connectivity index (χ2n) is 10.7. The number of rotatable bonds is 7. The number of para-hydroxylation sites is 1. The Morgan fingerprint density at radius 3 is 2.30 bits per heavy atom. The molecule has 2 saturated heterocycles. The lowest BCUT2D eigenvalue weighted by Crippen LogP contribution is -2.48. The van der Waals surface area contributed by atoms with E-state index in [9.17, 15) is 19.6 Å². The van der Waals surface area contributed by atoms with Crippen molar-refractivity contribution in [1.82, 2.24) is 18.8 Å². The maximum Gasteiger partial charge on any atom is 0.296 e. The number of thiocarbonyl (C=S) groups is 1. The summed E-state index contributed by atoms with van der Waals surface area (Å²) in [6.07, 6.45) is 2.45. The lowest BCUT2D eigenvalue weighted by Gasteiger charge is -2.37. The van der Waals surface area contributed by atoms with Crippen LogP contribution >= 0.6 is 24.0 Å². The third kappa shape index (κ3) is 5.26. The third-order valence-electron chi connectivity index (χ3n) is 8.23. The molecule has 4 heterocycles. The van der Waals surface area contributed by atoms with Crippen LogP contribution in [-0.4, -0.2) is 61.8 Å². The number of hydrogen-bond acceptors (Lipinski definition) is 8. The Balaban J connectivity index is 1.65. The Bertz CT molecular complexity index is 1790. The standard InChI is InChI=1S/C31H35N7O3S2/c1-6-13-36-27(35-16-14-34(7-2)15-17-35)23(20(3)24(19-32)28(36)39)18-25-29(40)37(31(42)43-25)26-21(4)33(5)38(30(26)41)22-11-9-8-10-12-22/h8-12,18H,6-7,13-17H2,1-5H3. The Morgan fingerprint density at radius 2 is 1.70 bits per heavy atom. The van der Waals surface area contributed by atoms with E-state index in [0.717, 1.165) is 31.4 Å². The van der Waals surface area contributed by atoms with E-state index >= 15 is 0 Å². The largest absolute Gasteiger partial charge is 0.355 e. The molecule has 0 bridgehead atoms. The molecule has 1 aromatic carbocycles. The summed E-state index contributed by atoms with van der Waals surface area (Å²) in [5.41, 5.74) is 2.06. The number of hydrogen-bond donors (Lipinski definition) is 0. The van der Waals surface area contributed by atoms with Crippen LogP contribution in [0.3, 0.4) is 0 Å². The zero-order valence-electron chi connectivity index (χ0n) is 25.1. The van der Waals surface area contributed by atoms with Crippen LogP contribution in [0.25, 0.3) is 11.8 Å². The molecule has 3 aromatic rings. The van der Waals surface area contributed by atoms with Gasteiger partial charge < -0.3 is 9.80 Å². The first kappa shape index (κ1) is 30.5. The van der Waals surface area contributed by atoms with E-state index < -0.39 is 5.91 Å². The molecule has 2 aromatic heterocycles. The van der Waals surface area contributed by atoms with E-state index in [2.05, 4.69) is 22.8 Å². The number of pyridine rings is 1. The Hall–Kier alpha value is -3.92. The first-order valence-corrected chi connectivity index (χ1v) is 15.6. The maximum absolute atomic E-state index is 14.0. The molecule has 0 saturated carbocycles. The molecule has 43 heavy (non-hydrogen) atoms. The highest BCUT2D eigenvalue weighted by atomic mass is 32.2. The average Bonchev–Trinajstić information content (AvgIpc) is 3.40. The zero-order chi connectivity index (χ0) is 31.0. The average molecular weight is 618 g/mol. The van der Waals surface area contributed by atoms with Gasteiger partial charge in [0.15, 0.2) is 4.32 Å². The monoisotopic (exact) mass is 617 g/mol. The van der Waals surface area contributed by atoms with E-state index in [4.69, 9.17) is 12.2 Å². The van der Waals surface area contributed by atoms with Crippen molar-refractivity contribution in [1.29, 1.82) is 5.26 Å². The van der Waals surface area contributed by atoms with Crippen molar-refractivity contribution in [3.63, 3.8) is 0 Å². The molecule has 0 atom stereocenters. The van der Waals surface area contributed by atoms with Crippen LogP contribution < -0.4 is 20.9 Å². The number of nitriles is 1. The number of thioether (sulfide) groups is 1. The van der Waals surface area contributed by atoms with Crippen molar-refractivity contribution >= 4 is 51.8 Å². The molecule has 224 valence electrons. The van der Waals surface area contributed by atoms with Crippen LogP contribution in [0.1, 0.15) is 42.7 Å². The minimum atomic E-state index is -0.408. The molecule has 2 aliphatic rings. The van der Waals surface area contributed by atoms with Crippen LogP contribution in [0.5, 0.6) is 0 Å². The van der Waals surface area contributed by atoms with Gasteiger partial charge in [0.05, 0.1) is 16.3 Å². The van der Waals surface area contributed by atoms with Gasteiger partial charge in [-0.2, -0.15) is 5.26 Å². The van der Waals surface area contributed by atoms with Gasteiger partial charge in [-0.15, -0.1) is 0 Å². The van der Waals surface area contributed by atoms with Gasteiger partial charge in [-0.3, -0.25) is 28.5 Å². The van der Waals surface area contributed by atoms with Crippen LogP contribution in [0.15, 0.2) is 44.8 Å². The number of aromatic nitrogens is 3. The number of amides is 1. The quantitative estimate of drug-likeness (QED) is 0.292. The third-order valence-corrected chi connectivity index (χ3v) is 9.53. The van der Waals surface area contributed by atoms with E-state index in [-0.39, 0.29) is 26.7 Å². The predicted molar refractivity (Wildman–Crippen MR) is 176 cm³/mol. The van der Waals surface area contributed by atoms with Crippen LogP contribution in [0, 0.1) is 25.2 Å². The molecule has 2 fully saturated rings. The van der Waals surface area contributed by atoms with Gasteiger partial charge in [0.2, 0.25) is 0 Å². The summed E-state index contributed by atoms with van der Waals surface area (Å²) in [5.74, 6) is 0.306. The molecule has 0 radical (unpaired) electrons. The summed E-state index contributed by atoms with van der Waals surface area (Å²) in [5, 5.41) is 9.97. The van der Waals surface area contributed by atoms with Crippen LogP contribution in [-0.2, 0) is 18.4 Å². The van der Waals surface area contributed by atoms with E-state index in [1.54, 1.807) is 36.2 Å². The number of piperazine rings is 1. The highest BCUT2D eigenvalue weighted by Crippen LogP contribution is 2.38. The van der Waals surface area contributed by atoms with Gasteiger partial charge in [-0.25, -0.2) is 4.68 Å². The second-order valence-corrected chi connectivity index (χ2v) is 12.3. The van der Waals surface area contributed by atoms with Crippen molar-refractivity contribution < 1.29 is 4.79 Å². The van der Waals surface area contributed by atoms with Crippen molar-refractivity contribution in [3.8, 4) is 11.8 Å². The van der Waals surface area contributed by atoms with E-state index in [1.807, 2.05) is 37.3 Å². The fourth-order valence-corrected chi connectivity index (χ4v) is 7.05. The minimum Gasteiger partial charge on any atom is -0.355 e. The van der Waals surface area contributed by atoms with E-state index in [1.165, 1.54) is 9.58 Å². The van der Waals surface area contributed by atoms with E-state index in [0.29, 0.717) is 59.3 Å². The number of likely N-dealkylation sites (N-methyl/N-ethyl adjacent to an activating group) is 1. The Kier molecular flexibility index (Phi) is 8.78.